The molecule has 3 aliphatic rings. The molecule has 0 aromatic heterocycles. The van der Waals surface area contributed by atoms with Crippen LogP contribution < -0.4 is 10.6 Å². The Bertz CT molecular complexity index is 834. The Kier molecular flexibility index (Phi) is 3.74. The minimum atomic E-state index is -1.15. The number of hydrogen-bond donors (Lipinski definition) is 2. The van der Waals surface area contributed by atoms with E-state index >= 15 is 0 Å². The first kappa shape index (κ1) is 17.2. The van der Waals surface area contributed by atoms with E-state index in [-0.39, 0.29) is 23.8 Å². The van der Waals surface area contributed by atoms with Crippen LogP contribution in [0.15, 0.2) is 12.1 Å². The number of fused-ring (bicyclic) bond motifs is 4. The third-order valence-corrected chi connectivity index (χ3v) is 6.40. The molecule has 4 unspecified atom stereocenters. The van der Waals surface area contributed by atoms with Crippen molar-refractivity contribution in [3.05, 3.63) is 28.8 Å². The highest BCUT2D eigenvalue weighted by molar-refractivity contribution is 6.15. The second kappa shape index (κ2) is 5.64. The van der Waals surface area contributed by atoms with Crippen LogP contribution in [0.25, 0.3) is 0 Å². The van der Waals surface area contributed by atoms with E-state index in [1.54, 1.807) is 0 Å². The fourth-order valence-electron chi connectivity index (χ4n) is 4.88. The lowest BCUT2D eigenvalue weighted by Crippen LogP contribution is -2.52. The summed E-state index contributed by atoms with van der Waals surface area (Å²) in [5.74, 6) is -1.75. The van der Waals surface area contributed by atoms with Gasteiger partial charge >= 0.3 is 0 Å². The third-order valence-electron chi connectivity index (χ3n) is 6.40. The largest absolute Gasteiger partial charge is 0.324 e. The van der Waals surface area contributed by atoms with Gasteiger partial charge in [-0.3, -0.25) is 24.6 Å². The third kappa shape index (κ3) is 1.93. The lowest BCUT2D eigenvalue weighted by Gasteiger charge is -2.29. The van der Waals surface area contributed by atoms with E-state index in [2.05, 4.69) is 10.6 Å². The highest BCUT2D eigenvalue weighted by Crippen LogP contribution is 2.53. The van der Waals surface area contributed by atoms with Crippen LogP contribution in [-0.4, -0.2) is 35.2 Å². The van der Waals surface area contributed by atoms with Gasteiger partial charge in [0, 0.05) is 23.8 Å². The van der Waals surface area contributed by atoms with Crippen molar-refractivity contribution >= 4 is 23.4 Å². The Labute approximate surface area is 153 Å². The number of imide groups is 1. The van der Waals surface area contributed by atoms with Gasteiger partial charge in [0.05, 0.1) is 11.8 Å². The van der Waals surface area contributed by atoms with Crippen LogP contribution in [-0.2, 0) is 19.9 Å². The molecule has 2 N–H and O–H groups in total. The molecule has 1 spiro atoms. The Balaban J connectivity index is 1.85. The molecule has 0 aliphatic carbocycles. The summed E-state index contributed by atoms with van der Waals surface area (Å²) in [4.78, 5) is 40.6. The summed E-state index contributed by atoms with van der Waals surface area (Å²) < 4.78 is 0. The van der Waals surface area contributed by atoms with Crippen molar-refractivity contribution in [1.29, 1.82) is 0 Å². The molecular formula is C20H25N3O3. The van der Waals surface area contributed by atoms with Gasteiger partial charge in [0.25, 0.3) is 0 Å². The number of benzene rings is 1. The van der Waals surface area contributed by atoms with Gasteiger partial charge in [0.15, 0.2) is 0 Å². The molecule has 6 nitrogen and oxygen atoms in total. The van der Waals surface area contributed by atoms with Gasteiger partial charge in [-0.05, 0) is 38.3 Å². The summed E-state index contributed by atoms with van der Waals surface area (Å²) in [6.07, 6.45) is 1.69. The van der Waals surface area contributed by atoms with E-state index in [0.29, 0.717) is 6.54 Å². The predicted octanol–water partition coefficient (Wildman–Crippen LogP) is 1.84. The highest BCUT2D eigenvalue weighted by Gasteiger charge is 2.69. The number of amides is 3. The zero-order valence-electron chi connectivity index (χ0n) is 15.7. The van der Waals surface area contributed by atoms with Crippen LogP contribution >= 0.6 is 0 Å². The molecule has 3 aliphatic heterocycles. The van der Waals surface area contributed by atoms with Gasteiger partial charge in [0.2, 0.25) is 17.7 Å². The Hall–Kier alpha value is -2.21. The number of nitrogens with zero attached hydrogens (tertiary/aromatic N) is 1. The van der Waals surface area contributed by atoms with Crippen LogP contribution in [0.3, 0.4) is 0 Å². The van der Waals surface area contributed by atoms with Crippen molar-refractivity contribution < 1.29 is 14.4 Å². The number of unbranched alkanes of at least 4 members (excludes halogenated alkanes) is 1. The number of carbonyl (C=O) groups excluding carboxylic acids is 3. The maximum absolute atomic E-state index is 13.2. The van der Waals surface area contributed by atoms with Crippen molar-refractivity contribution in [2.24, 2.45) is 11.8 Å². The van der Waals surface area contributed by atoms with E-state index in [9.17, 15) is 14.4 Å². The number of anilines is 1. The van der Waals surface area contributed by atoms with Crippen LogP contribution in [0.1, 0.15) is 43.4 Å². The Morgan fingerprint density at radius 2 is 1.88 bits per heavy atom. The predicted molar refractivity (Wildman–Crippen MR) is 97.4 cm³/mol. The molecule has 2 saturated heterocycles. The average Bonchev–Trinajstić information content (AvgIpc) is 3.16. The highest BCUT2D eigenvalue weighted by atomic mass is 16.2. The first-order valence-corrected chi connectivity index (χ1v) is 9.39. The summed E-state index contributed by atoms with van der Waals surface area (Å²) in [7, 11) is 0. The van der Waals surface area contributed by atoms with E-state index in [0.717, 1.165) is 35.2 Å². The Morgan fingerprint density at radius 1 is 1.15 bits per heavy atom. The second-order valence-electron chi connectivity index (χ2n) is 7.81. The van der Waals surface area contributed by atoms with Gasteiger partial charge in [-0.25, -0.2) is 0 Å². The van der Waals surface area contributed by atoms with Gasteiger partial charge < -0.3 is 5.32 Å². The van der Waals surface area contributed by atoms with Crippen molar-refractivity contribution in [2.45, 2.75) is 52.1 Å². The molecule has 3 heterocycles. The first-order valence-electron chi connectivity index (χ1n) is 9.39. The lowest BCUT2D eigenvalue weighted by atomic mass is 9.76. The summed E-state index contributed by atoms with van der Waals surface area (Å²) in [5.41, 5.74) is 2.52. The maximum atomic E-state index is 13.2. The summed E-state index contributed by atoms with van der Waals surface area (Å²) >= 11 is 0. The molecule has 0 saturated carbocycles. The Morgan fingerprint density at radius 3 is 2.58 bits per heavy atom. The van der Waals surface area contributed by atoms with E-state index in [1.165, 1.54) is 4.90 Å². The summed E-state index contributed by atoms with van der Waals surface area (Å²) in [6.45, 7) is 8.33. The van der Waals surface area contributed by atoms with Gasteiger partial charge in [-0.15, -0.1) is 0 Å². The number of carbonyl (C=O) groups is 3. The van der Waals surface area contributed by atoms with Gasteiger partial charge in [-0.1, -0.05) is 25.5 Å². The number of hydrogen-bond acceptors (Lipinski definition) is 4. The molecule has 2 fully saturated rings. The quantitative estimate of drug-likeness (QED) is 0.811. The maximum Gasteiger partial charge on any atom is 0.250 e. The minimum absolute atomic E-state index is 0.143. The van der Waals surface area contributed by atoms with Crippen LogP contribution in [0.4, 0.5) is 5.69 Å². The van der Waals surface area contributed by atoms with Crippen LogP contribution in [0.2, 0.25) is 0 Å². The zero-order valence-corrected chi connectivity index (χ0v) is 15.7. The zero-order chi connectivity index (χ0) is 18.8. The normalized spacial score (nSPS) is 32.4. The molecule has 4 atom stereocenters. The molecule has 26 heavy (non-hydrogen) atoms. The van der Waals surface area contributed by atoms with Crippen molar-refractivity contribution in [3.63, 3.8) is 0 Å². The summed E-state index contributed by atoms with van der Waals surface area (Å²) in [6, 6.07) is 3.66. The smallest absolute Gasteiger partial charge is 0.250 e. The molecule has 4 rings (SSSR count). The number of likely N-dealkylation sites (tertiary alicyclic amines) is 1. The van der Waals surface area contributed by atoms with E-state index in [4.69, 9.17) is 0 Å². The van der Waals surface area contributed by atoms with Crippen molar-refractivity contribution in [3.8, 4) is 0 Å². The second-order valence-corrected chi connectivity index (χ2v) is 7.81. The molecule has 0 radical (unpaired) electrons. The fourth-order valence-corrected chi connectivity index (χ4v) is 4.88. The molecule has 0 bridgehead atoms. The molecule has 3 amide bonds. The lowest BCUT2D eigenvalue weighted by molar-refractivity contribution is -0.142. The van der Waals surface area contributed by atoms with Gasteiger partial charge in [0.1, 0.15) is 5.54 Å². The minimum Gasteiger partial charge on any atom is -0.324 e. The first-order chi connectivity index (χ1) is 12.3. The number of rotatable bonds is 3. The standard InChI is InChI=1S/C20H25N3O3/c1-5-6-9-23-17(24)14-12(4)22-20(15(14)18(23)25)13-8-7-10(2)11(3)16(13)21-19(20)26/h7-8,12,14-15,22H,5-6,9H2,1-4H3,(H,21,26). The molecule has 1 aromatic rings. The fraction of sp³-hybridized carbons (Fsp3) is 0.550. The van der Waals surface area contributed by atoms with Crippen LogP contribution in [0.5, 0.6) is 0 Å². The van der Waals surface area contributed by atoms with Crippen molar-refractivity contribution in [2.75, 3.05) is 11.9 Å². The average molecular weight is 355 g/mol. The van der Waals surface area contributed by atoms with E-state index < -0.39 is 17.4 Å². The molecular weight excluding hydrogens is 330 g/mol. The van der Waals surface area contributed by atoms with E-state index in [1.807, 2.05) is 39.8 Å². The van der Waals surface area contributed by atoms with Crippen LogP contribution in [0, 0.1) is 25.7 Å². The summed E-state index contributed by atoms with van der Waals surface area (Å²) in [5, 5.41) is 6.32. The molecule has 1 aromatic carbocycles. The molecule has 6 heteroatoms. The number of nitrogens with one attached hydrogen (secondary N) is 2. The van der Waals surface area contributed by atoms with Crippen molar-refractivity contribution in [1.82, 2.24) is 10.2 Å². The molecule has 138 valence electrons. The van der Waals surface area contributed by atoms with Gasteiger partial charge in [-0.2, -0.15) is 0 Å². The SMILES string of the molecule is CCCCN1C(=O)C2C(C)NC3(C(=O)Nc4c3ccc(C)c4C)C2C1=O. The topological polar surface area (TPSA) is 78.5 Å². The number of aryl methyl sites for hydroxylation is 1. The monoisotopic (exact) mass is 355 g/mol.